The van der Waals surface area contributed by atoms with Gasteiger partial charge in [0.1, 0.15) is 0 Å². The lowest BCUT2D eigenvalue weighted by atomic mass is 9.93. The van der Waals surface area contributed by atoms with E-state index in [1.54, 1.807) is 11.8 Å². The Morgan fingerprint density at radius 3 is 2.81 bits per heavy atom. The zero-order chi connectivity index (χ0) is 22.6. The Morgan fingerprint density at radius 2 is 2.09 bits per heavy atom. The van der Waals surface area contributed by atoms with Crippen molar-refractivity contribution >= 4 is 28.4 Å². The number of carbonyl (C=O) groups excluding carboxylic acids is 1. The molecule has 0 bridgehead atoms. The Bertz CT molecular complexity index is 1350. The number of hydrogen-bond donors (Lipinski definition) is 1. The average Bonchev–Trinajstić information content (AvgIpc) is 3.41. The zero-order valence-electron chi connectivity index (χ0n) is 17.7. The minimum absolute atomic E-state index is 0.00267. The minimum Gasteiger partial charge on any atom is -0.494 e. The molecule has 12 heteroatoms. The molecule has 1 aromatic carbocycles. The molecule has 4 aromatic rings. The summed E-state index contributed by atoms with van der Waals surface area (Å²) in [6.07, 6.45) is 1.53. The van der Waals surface area contributed by atoms with Gasteiger partial charge in [0, 0.05) is 36.9 Å². The van der Waals surface area contributed by atoms with Crippen LogP contribution in [0.2, 0.25) is 0 Å². The van der Waals surface area contributed by atoms with Crippen LogP contribution in [0.4, 0.5) is 10.3 Å². The molecule has 5 rings (SSSR count). The molecule has 0 saturated carbocycles. The van der Waals surface area contributed by atoms with Crippen molar-refractivity contribution in [2.75, 3.05) is 19.4 Å². The van der Waals surface area contributed by atoms with Crippen molar-refractivity contribution < 1.29 is 18.3 Å². The Morgan fingerprint density at radius 1 is 1.28 bits per heavy atom. The van der Waals surface area contributed by atoms with E-state index in [0.717, 1.165) is 12.8 Å². The first-order valence-electron chi connectivity index (χ1n) is 10.2. The number of likely N-dealkylation sites (tertiary alicyclic amines) is 1. The molecule has 32 heavy (non-hydrogen) atoms. The van der Waals surface area contributed by atoms with Crippen LogP contribution in [-0.4, -0.2) is 60.3 Å². The summed E-state index contributed by atoms with van der Waals surface area (Å²) in [6, 6.07) is 2.78. The highest BCUT2D eigenvalue weighted by Gasteiger charge is 2.34. The fourth-order valence-electron chi connectivity index (χ4n) is 4.08. The molecule has 1 amide bonds. The lowest BCUT2D eigenvalue weighted by Gasteiger charge is -2.36. The average molecular weight is 440 g/mol. The number of benzene rings is 1. The van der Waals surface area contributed by atoms with E-state index in [9.17, 15) is 9.18 Å². The van der Waals surface area contributed by atoms with E-state index in [2.05, 4.69) is 25.3 Å². The number of nitrogen functional groups attached to an aromatic ring is 1. The first kappa shape index (κ1) is 20.1. The summed E-state index contributed by atoms with van der Waals surface area (Å²) in [4.78, 5) is 23.6. The third-order valence-electron chi connectivity index (χ3n) is 5.80. The van der Waals surface area contributed by atoms with Gasteiger partial charge in [0.15, 0.2) is 23.0 Å². The van der Waals surface area contributed by atoms with E-state index < -0.39 is 5.82 Å². The summed E-state index contributed by atoms with van der Waals surface area (Å²) >= 11 is 0. The Balaban J connectivity index is 1.52. The number of carbonyl (C=O) groups is 1. The molecule has 2 N–H and O–H groups in total. The number of aryl methyl sites for hydroxylation is 1. The highest BCUT2D eigenvalue weighted by atomic mass is 19.1. The number of anilines is 1. The van der Waals surface area contributed by atoms with Crippen LogP contribution in [0.3, 0.4) is 0 Å². The van der Waals surface area contributed by atoms with Gasteiger partial charge in [-0.1, -0.05) is 0 Å². The van der Waals surface area contributed by atoms with Gasteiger partial charge in [-0.3, -0.25) is 4.79 Å². The molecule has 1 saturated heterocycles. The topological polar surface area (TPSA) is 138 Å². The van der Waals surface area contributed by atoms with Crippen molar-refractivity contribution in [1.29, 1.82) is 0 Å². The predicted molar refractivity (Wildman–Crippen MR) is 111 cm³/mol. The first-order valence-corrected chi connectivity index (χ1v) is 10.2. The third-order valence-corrected chi connectivity index (χ3v) is 5.80. The molecule has 11 nitrogen and oxygen atoms in total. The molecule has 2 atom stereocenters. The summed E-state index contributed by atoms with van der Waals surface area (Å²) in [6.45, 7) is 3.99. The minimum atomic E-state index is -0.531. The van der Waals surface area contributed by atoms with E-state index in [0.29, 0.717) is 34.8 Å². The smallest absolute Gasteiger partial charge is 0.311 e. The monoisotopic (exact) mass is 440 g/mol. The predicted octanol–water partition coefficient (Wildman–Crippen LogP) is 2.11. The van der Waals surface area contributed by atoms with Crippen LogP contribution in [-0.2, 0) is 0 Å². The van der Waals surface area contributed by atoms with Crippen molar-refractivity contribution in [3.8, 4) is 5.75 Å². The highest BCUT2D eigenvalue weighted by molar-refractivity contribution is 5.93. The van der Waals surface area contributed by atoms with Gasteiger partial charge >= 0.3 is 11.8 Å². The maximum Gasteiger partial charge on any atom is 0.311 e. The van der Waals surface area contributed by atoms with Gasteiger partial charge < -0.3 is 19.8 Å². The maximum absolute atomic E-state index is 14.4. The zero-order valence-corrected chi connectivity index (χ0v) is 17.7. The van der Waals surface area contributed by atoms with Gasteiger partial charge in [-0.15, -0.1) is 15.3 Å². The summed E-state index contributed by atoms with van der Waals surface area (Å²) in [5.74, 6) is -0.00982. The number of fused-ring (bicyclic) bond motifs is 3. The second-order valence-electron chi connectivity index (χ2n) is 7.89. The molecule has 1 fully saturated rings. The molecule has 1 aliphatic rings. The lowest BCUT2D eigenvalue weighted by Crippen LogP contribution is -2.45. The van der Waals surface area contributed by atoms with Gasteiger partial charge in [0.2, 0.25) is 11.8 Å². The maximum atomic E-state index is 14.4. The molecule has 0 radical (unpaired) electrons. The summed E-state index contributed by atoms with van der Waals surface area (Å²) in [7, 11) is 1.38. The van der Waals surface area contributed by atoms with E-state index in [-0.39, 0.29) is 35.5 Å². The van der Waals surface area contributed by atoms with Crippen molar-refractivity contribution in [2.45, 2.75) is 38.6 Å². The highest BCUT2D eigenvalue weighted by Crippen LogP contribution is 2.32. The molecular formula is C20H21FN8O3. The summed E-state index contributed by atoms with van der Waals surface area (Å²) in [5.41, 5.74) is 6.94. The Labute approximate surface area is 181 Å². The molecule has 1 aliphatic heterocycles. The number of aromatic nitrogens is 6. The van der Waals surface area contributed by atoms with Gasteiger partial charge in [-0.05, 0) is 25.8 Å². The number of nitrogens with two attached hydrogens (primary N) is 1. The second-order valence-corrected chi connectivity index (χ2v) is 7.89. The second kappa shape index (κ2) is 7.39. The Hall–Kier alpha value is -3.83. The van der Waals surface area contributed by atoms with Crippen LogP contribution in [0.25, 0.3) is 16.6 Å². The van der Waals surface area contributed by atoms with Crippen molar-refractivity contribution in [3.05, 3.63) is 35.6 Å². The number of amides is 1. The van der Waals surface area contributed by atoms with Gasteiger partial charge in [-0.25, -0.2) is 14.4 Å². The van der Waals surface area contributed by atoms with Crippen LogP contribution in [0.1, 0.15) is 48.1 Å². The molecule has 166 valence electrons. The molecule has 4 heterocycles. The molecular weight excluding hydrogens is 419 g/mol. The van der Waals surface area contributed by atoms with Gasteiger partial charge in [0.25, 0.3) is 0 Å². The van der Waals surface area contributed by atoms with Crippen molar-refractivity contribution in [1.82, 2.24) is 34.7 Å². The quantitative estimate of drug-likeness (QED) is 0.507. The van der Waals surface area contributed by atoms with Crippen molar-refractivity contribution in [2.24, 2.45) is 0 Å². The van der Waals surface area contributed by atoms with E-state index in [1.165, 1.54) is 23.8 Å². The number of nitrogens with zero attached hydrogens (tertiary/aromatic N) is 7. The Kier molecular flexibility index (Phi) is 4.64. The third kappa shape index (κ3) is 3.18. The number of rotatable bonds is 3. The summed E-state index contributed by atoms with van der Waals surface area (Å²) < 4.78 is 26.1. The molecule has 0 unspecified atom stereocenters. The number of ether oxygens (including phenoxy) is 1. The lowest BCUT2D eigenvalue weighted by molar-refractivity contribution is 0.0564. The summed E-state index contributed by atoms with van der Waals surface area (Å²) in [5, 5.41) is 12.6. The van der Waals surface area contributed by atoms with E-state index in [4.69, 9.17) is 14.9 Å². The number of piperidine rings is 1. The number of halogens is 1. The van der Waals surface area contributed by atoms with Crippen LogP contribution < -0.4 is 10.5 Å². The standard InChI is InChI=1S/C20H21FN8O3/c1-9-4-5-11(8-28(9)19(30)18-26-25-10(2)32-18)16-24-17-12-6-13(21)15(31-3)7-14(12)23-20(22)29(17)27-16/h6-7,9,11H,4-5,8H2,1-3H3,(H2,22,23)/t9-,11+/m0/s1. The van der Waals surface area contributed by atoms with Crippen molar-refractivity contribution in [3.63, 3.8) is 0 Å². The number of methoxy groups -OCH3 is 1. The normalized spacial score (nSPS) is 19.1. The van der Waals surface area contributed by atoms with Crippen LogP contribution >= 0.6 is 0 Å². The molecule has 0 aliphatic carbocycles. The largest absolute Gasteiger partial charge is 0.494 e. The molecule has 0 spiro atoms. The SMILES string of the molecule is COc1cc2nc(N)n3nc([C@@H]4CC[C@H](C)N(C(=O)c5nnc(C)o5)C4)nc3c2cc1F. The van der Waals surface area contributed by atoms with Gasteiger partial charge in [-0.2, -0.15) is 4.52 Å². The van der Waals surface area contributed by atoms with Crippen LogP contribution in [0.15, 0.2) is 16.5 Å². The molecule has 3 aromatic heterocycles. The fraction of sp³-hybridized carbons (Fsp3) is 0.400. The first-order chi connectivity index (χ1) is 15.4. The van der Waals surface area contributed by atoms with Gasteiger partial charge in [0.05, 0.1) is 12.6 Å². The fourth-order valence-corrected chi connectivity index (χ4v) is 4.08. The van der Waals surface area contributed by atoms with Crippen LogP contribution in [0, 0.1) is 12.7 Å². The van der Waals surface area contributed by atoms with Crippen LogP contribution in [0.5, 0.6) is 5.75 Å². The van der Waals surface area contributed by atoms with E-state index in [1.807, 2.05) is 6.92 Å². The number of hydrogen-bond acceptors (Lipinski definition) is 9. The van der Waals surface area contributed by atoms with E-state index >= 15 is 0 Å².